The van der Waals surface area contributed by atoms with E-state index in [1.807, 2.05) is 55.5 Å². The predicted octanol–water partition coefficient (Wildman–Crippen LogP) is 5.40. The number of rotatable bonds is 9. The molecular formula is C26H26N2O4S2. The fraction of sp³-hybridized carbons (Fsp3) is 0.231. The highest BCUT2D eigenvalue weighted by Crippen LogP contribution is 2.32. The molecule has 34 heavy (non-hydrogen) atoms. The molecule has 6 nitrogen and oxygen atoms in total. The van der Waals surface area contributed by atoms with E-state index in [2.05, 4.69) is 0 Å². The van der Waals surface area contributed by atoms with E-state index in [1.54, 1.807) is 17.0 Å². The molecule has 4 aromatic rings. The van der Waals surface area contributed by atoms with E-state index in [1.165, 1.54) is 30.6 Å². The first-order valence-corrected chi connectivity index (χ1v) is 13.4. The molecule has 0 N–H and O–H groups in total. The second-order valence-electron chi connectivity index (χ2n) is 7.98. The molecule has 0 fully saturated rings. The van der Waals surface area contributed by atoms with Crippen LogP contribution >= 0.6 is 11.3 Å². The third-order valence-corrected chi connectivity index (χ3v) is 8.41. The summed E-state index contributed by atoms with van der Waals surface area (Å²) >= 11 is 1.47. The lowest BCUT2D eigenvalue weighted by Gasteiger charge is -2.20. The maximum Gasteiger partial charge on any atom is 0.229 e. The topological polar surface area (TPSA) is 76.6 Å². The van der Waals surface area contributed by atoms with E-state index in [-0.39, 0.29) is 29.4 Å². The molecule has 1 amide bonds. The van der Waals surface area contributed by atoms with Crippen molar-refractivity contribution >= 4 is 42.4 Å². The second-order valence-corrected chi connectivity index (χ2v) is 11.1. The third-order valence-electron chi connectivity index (χ3n) is 5.55. The molecule has 0 atom stereocenters. The minimum atomic E-state index is -3.50. The molecule has 0 aliphatic carbocycles. The van der Waals surface area contributed by atoms with Crippen LogP contribution in [0.1, 0.15) is 24.0 Å². The van der Waals surface area contributed by atoms with Gasteiger partial charge in [0.1, 0.15) is 5.75 Å². The van der Waals surface area contributed by atoms with E-state index >= 15 is 0 Å². The highest BCUT2D eigenvalue weighted by atomic mass is 32.2. The van der Waals surface area contributed by atoms with Gasteiger partial charge in [0.25, 0.3) is 0 Å². The minimum Gasteiger partial charge on any atom is -0.497 e. The summed E-state index contributed by atoms with van der Waals surface area (Å²) in [5, 5.41) is 0.621. The summed E-state index contributed by atoms with van der Waals surface area (Å²) < 4.78 is 31.6. The SMILES string of the molecule is COc1ccc(S(=O)(=O)CCCC(=O)N(Cc2ccccc2)c2nc3c(C)cccc3s2)cc1. The number of hydrogen-bond donors (Lipinski definition) is 0. The van der Waals surface area contributed by atoms with Gasteiger partial charge in [-0.3, -0.25) is 9.69 Å². The van der Waals surface area contributed by atoms with Crippen molar-refractivity contribution in [1.29, 1.82) is 0 Å². The standard InChI is InChI=1S/C26H26N2O4S2/c1-19-8-6-11-23-25(19)27-26(33-23)28(18-20-9-4-3-5-10-20)24(29)12-7-17-34(30,31)22-15-13-21(32-2)14-16-22/h3-6,8-11,13-16H,7,12,17-18H2,1-2H3. The normalized spacial score (nSPS) is 11.5. The lowest BCUT2D eigenvalue weighted by Crippen LogP contribution is -2.30. The molecule has 1 heterocycles. The van der Waals surface area contributed by atoms with Crippen LogP contribution in [-0.2, 0) is 21.2 Å². The number of sulfone groups is 1. The Morgan fingerprint density at radius 2 is 1.74 bits per heavy atom. The van der Waals surface area contributed by atoms with Crippen LogP contribution in [0.4, 0.5) is 5.13 Å². The van der Waals surface area contributed by atoms with Gasteiger partial charge in [-0.25, -0.2) is 13.4 Å². The maximum atomic E-state index is 13.3. The number of aromatic nitrogens is 1. The molecule has 0 unspecified atom stereocenters. The zero-order chi connectivity index (χ0) is 24.1. The number of benzene rings is 3. The number of carbonyl (C=O) groups is 1. The first kappa shape index (κ1) is 23.9. The Bertz CT molecular complexity index is 1380. The largest absolute Gasteiger partial charge is 0.497 e. The van der Waals surface area contributed by atoms with Gasteiger partial charge in [-0.1, -0.05) is 53.8 Å². The Labute approximate surface area is 203 Å². The predicted molar refractivity (Wildman–Crippen MR) is 136 cm³/mol. The lowest BCUT2D eigenvalue weighted by molar-refractivity contribution is -0.118. The molecule has 3 aromatic carbocycles. The van der Waals surface area contributed by atoms with Crippen molar-refractivity contribution in [1.82, 2.24) is 4.98 Å². The maximum absolute atomic E-state index is 13.3. The third kappa shape index (κ3) is 5.46. The number of anilines is 1. The highest BCUT2D eigenvalue weighted by Gasteiger charge is 2.22. The van der Waals surface area contributed by atoms with E-state index in [4.69, 9.17) is 9.72 Å². The monoisotopic (exact) mass is 494 g/mol. The lowest BCUT2D eigenvalue weighted by atomic mass is 10.2. The van der Waals surface area contributed by atoms with Crippen molar-refractivity contribution in [2.45, 2.75) is 31.2 Å². The van der Waals surface area contributed by atoms with Crippen molar-refractivity contribution in [3.8, 4) is 5.75 Å². The van der Waals surface area contributed by atoms with Crippen molar-refractivity contribution in [2.75, 3.05) is 17.8 Å². The quantitative estimate of drug-likeness (QED) is 0.311. The highest BCUT2D eigenvalue weighted by molar-refractivity contribution is 7.91. The molecule has 0 aliphatic rings. The second kappa shape index (κ2) is 10.4. The number of ether oxygens (including phenoxy) is 1. The van der Waals surface area contributed by atoms with E-state index in [9.17, 15) is 13.2 Å². The fourth-order valence-corrected chi connectivity index (χ4v) is 6.04. The van der Waals surface area contributed by atoms with Crippen LogP contribution in [0.2, 0.25) is 0 Å². The number of amides is 1. The summed E-state index contributed by atoms with van der Waals surface area (Å²) in [6.45, 7) is 2.38. The summed E-state index contributed by atoms with van der Waals surface area (Å²) in [5.41, 5.74) is 2.92. The van der Waals surface area contributed by atoms with Gasteiger partial charge in [-0.2, -0.15) is 0 Å². The van der Waals surface area contributed by atoms with Crippen LogP contribution in [-0.4, -0.2) is 32.2 Å². The van der Waals surface area contributed by atoms with Crippen LogP contribution in [0.25, 0.3) is 10.2 Å². The van der Waals surface area contributed by atoms with Crippen molar-refractivity contribution < 1.29 is 17.9 Å². The molecular weight excluding hydrogens is 468 g/mol. The van der Waals surface area contributed by atoms with Crippen molar-refractivity contribution in [3.05, 3.63) is 83.9 Å². The Morgan fingerprint density at radius 1 is 1.00 bits per heavy atom. The molecule has 4 rings (SSSR count). The van der Waals surface area contributed by atoms with Crippen LogP contribution in [0.15, 0.2) is 77.7 Å². The number of aryl methyl sites for hydroxylation is 1. The first-order chi connectivity index (χ1) is 16.4. The van der Waals surface area contributed by atoms with E-state index < -0.39 is 9.84 Å². The van der Waals surface area contributed by atoms with Crippen molar-refractivity contribution in [2.24, 2.45) is 0 Å². The smallest absolute Gasteiger partial charge is 0.229 e. The van der Waals surface area contributed by atoms with Gasteiger partial charge in [-0.15, -0.1) is 0 Å². The van der Waals surface area contributed by atoms with Crippen molar-refractivity contribution in [3.63, 3.8) is 0 Å². The van der Waals surface area contributed by atoms with Crippen LogP contribution in [0.5, 0.6) is 5.75 Å². The summed E-state index contributed by atoms with van der Waals surface area (Å²) in [4.78, 5) is 19.9. The number of methoxy groups -OCH3 is 1. The molecule has 8 heteroatoms. The van der Waals surface area contributed by atoms with Crippen LogP contribution in [0.3, 0.4) is 0 Å². The Kier molecular flexibility index (Phi) is 7.29. The number of hydrogen-bond acceptors (Lipinski definition) is 6. The Hall–Kier alpha value is -3.23. The number of carbonyl (C=O) groups excluding carboxylic acids is 1. The Balaban J connectivity index is 1.51. The molecule has 0 aliphatic heterocycles. The first-order valence-electron chi connectivity index (χ1n) is 10.9. The molecule has 0 spiro atoms. The average Bonchev–Trinajstić information content (AvgIpc) is 3.28. The molecule has 0 saturated carbocycles. The molecule has 0 saturated heterocycles. The molecule has 0 bridgehead atoms. The van der Waals surface area contributed by atoms with Gasteiger partial charge in [0.2, 0.25) is 5.91 Å². The van der Waals surface area contributed by atoms with E-state index in [0.717, 1.165) is 21.3 Å². The summed E-state index contributed by atoms with van der Waals surface area (Å²) in [6, 6.07) is 22.0. The number of fused-ring (bicyclic) bond motifs is 1. The van der Waals surface area contributed by atoms with Gasteiger partial charge >= 0.3 is 0 Å². The van der Waals surface area contributed by atoms with Crippen LogP contribution < -0.4 is 9.64 Å². The molecule has 0 radical (unpaired) electrons. The van der Waals surface area contributed by atoms with Gasteiger partial charge in [0.15, 0.2) is 15.0 Å². The van der Waals surface area contributed by atoms with Gasteiger partial charge in [0.05, 0.1) is 34.5 Å². The average molecular weight is 495 g/mol. The zero-order valence-electron chi connectivity index (χ0n) is 19.1. The number of nitrogens with zero attached hydrogens (tertiary/aromatic N) is 2. The summed E-state index contributed by atoms with van der Waals surface area (Å²) in [6.07, 6.45) is 0.333. The van der Waals surface area contributed by atoms with Gasteiger partial charge in [-0.05, 0) is 54.8 Å². The van der Waals surface area contributed by atoms with Gasteiger partial charge < -0.3 is 4.74 Å². The van der Waals surface area contributed by atoms with Crippen LogP contribution in [0, 0.1) is 6.92 Å². The minimum absolute atomic E-state index is 0.108. The fourth-order valence-electron chi connectivity index (χ4n) is 3.67. The number of thiazole rings is 1. The molecule has 176 valence electrons. The zero-order valence-corrected chi connectivity index (χ0v) is 20.7. The van der Waals surface area contributed by atoms with E-state index in [0.29, 0.717) is 17.4 Å². The molecule has 1 aromatic heterocycles. The summed E-state index contributed by atoms with van der Waals surface area (Å²) in [7, 11) is -1.96. The van der Waals surface area contributed by atoms with Gasteiger partial charge in [0, 0.05) is 6.42 Å². The summed E-state index contributed by atoms with van der Waals surface area (Å²) in [5.74, 6) is 0.339. The Morgan fingerprint density at radius 3 is 2.41 bits per heavy atom. The number of para-hydroxylation sites is 1.